The Bertz CT molecular complexity index is 2800. The van der Waals surface area contributed by atoms with Gasteiger partial charge in [0.1, 0.15) is 6.29 Å². The fourth-order valence-corrected chi connectivity index (χ4v) is 35.3. The van der Waals surface area contributed by atoms with Crippen molar-refractivity contribution in [3.8, 4) is 0 Å². The topological polar surface area (TPSA) is 159 Å². The van der Waals surface area contributed by atoms with Crippen molar-refractivity contribution in [2.24, 2.45) is 185 Å². The van der Waals surface area contributed by atoms with E-state index in [1.165, 1.54) is 186 Å². The third-order valence-corrected chi connectivity index (χ3v) is 43.2. The van der Waals surface area contributed by atoms with Crippen LogP contribution in [0.5, 0.6) is 0 Å². The quantitative estimate of drug-likeness (QED) is 0.0578. The van der Waals surface area contributed by atoms with E-state index in [2.05, 4.69) is 111 Å². The molecular formula is C100H175BrMgO8. The molecule has 1 unspecified atom stereocenters. The number of carbonyl (C=O) groups is 1. The van der Waals surface area contributed by atoms with E-state index < -0.39 is 5.60 Å². The van der Waals surface area contributed by atoms with Crippen LogP contribution in [0.3, 0.4) is 0 Å². The summed E-state index contributed by atoms with van der Waals surface area (Å²) in [5.74, 6) is 17.6. The van der Waals surface area contributed by atoms with Crippen LogP contribution in [0.4, 0.5) is 0 Å². The van der Waals surface area contributed by atoms with Gasteiger partial charge in [0, 0.05) is 5.92 Å². The summed E-state index contributed by atoms with van der Waals surface area (Å²) in [5.41, 5.74) is 2.00. The molecule has 0 radical (unpaired) electrons. The molecule has 16 fully saturated rings. The minimum atomic E-state index is -0.391. The number of aliphatic hydroxyl groups excluding tert-OH is 3. The van der Waals surface area contributed by atoms with Crippen molar-refractivity contribution < 1.29 is 57.5 Å². The standard InChI is InChI=1S/3C25H44O2.C24H40O2.CH3.BrH.Mg/c3*1-6-25(27)14-13-23(4)18(15-25)7-8-19-21-10-9-20(16(2)17(3)26)24(21,5)12-11-22(19)23;1-5-24(26)13-12-22(3)17(14-24)6-7-18-20-9-8-19(16(2)15-25)23(20,4)11-10-21(18)22;;;/h3*16-22,26-27H,6-15H2,1-5H3;15-21,26H,5-14H2,1-4H3;1H3;1H;/q;;;;-1;;+2/p-1/t16-,17?,18+,19+,20-,21+,22+,23+,24-,25+;2*16-,17+,18+,19+,20-,21+,22+,23+,24-,25+;16-,17+,18+,19-,20+,21+,22+,23-,24+;;;/m1111.../s1. The molecule has 0 aromatic rings. The molecule has 632 valence electrons. The molecule has 7 N–H and O–H groups in total. The van der Waals surface area contributed by atoms with Crippen LogP contribution in [0.25, 0.3) is 0 Å². The molecule has 16 saturated carbocycles. The van der Waals surface area contributed by atoms with Gasteiger partial charge in [-0.25, -0.2) is 0 Å². The Kier molecular flexibility index (Phi) is 28.8. The molecule has 0 saturated heterocycles. The second-order valence-corrected chi connectivity index (χ2v) is 46.5. The van der Waals surface area contributed by atoms with E-state index in [1.54, 1.807) is 0 Å². The molecule has 0 aromatic heterocycles. The predicted molar refractivity (Wildman–Crippen MR) is 452 cm³/mol. The summed E-state index contributed by atoms with van der Waals surface area (Å²) in [7, 11) is 0. The number of fused-ring (bicyclic) bond motifs is 20. The van der Waals surface area contributed by atoms with Crippen LogP contribution in [0.2, 0.25) is 0 Å². The minimum Gasteiger partial charge on any atom is -1.00 e. The van der Waals surface area contributed by atoms with Gasteiger partial charge in [0.25, 0.3) is 0 Å². The van der Waals surface area contributed by atoms with Crippen molar-refractivity contribution in [2.75, 3.05) is 0 Å². The summed E-state index contributed by atoms with van der Waals surface area (Å²) in [6.45, 7) is 44.3. The Morgan fingerprint density at radius 2 is 0.491 bits per heavy atom. The van der Waals surface area contributed by atoms with Crippen molar-refractivity contribution in [3.63, 3.8) is 0 Å². The van der Waals surface area contributed by atoms with Crippen molar-refractivity contribution in [3.05, 3.63) is 7.43 Å². The summed E-state index contributed by atoms with van der Waals surface area (Å²) in [6, 6.07) is 0. The maximum Gasteiger partial charge on any atom is 2.00 e. The van der Waals surface area contributed by atoms with Gasteiger partial charge in [0.2, 0.25) is 0 Å². The van der Waals surface area contributed by atoms with E-state index in [0.29, 0.717) is 84.7 Å². The predicted octanol–water partition coefficient (Wildman–Crippen LogP) is 20.1. The average Bonchev–Trinajstić information content (AvgIpc) is 1.40. The summed E-state index contributed by atoms with van der Waals surface area (Å²) >= 11 is 0. The molecular weight excluding hydrogens is 1430 g/mol. The van der Waals surface area contributed by atoms with Crippen molar-refractivity contribution in [2.45, 2.75) is 429 Å². The van der Waals surface area contributed by atoms with Crippen LogP contribution >= 0.6 is 0 Å². The molecule has 0 spiro atoms. The maximum atomic E-state index is 11.5. The van der Waals surface area contributed by atoms with E-state index in [1.807, 2.05) is 20.8 Å². The zero-order valence-electron chi connectivity index (χ0n) is 75.1. The van der Waals surface area contributed by atoms with E-state index >= 15 is 0 Å². The largest absolute Gasteiger partial charge is 2.00 e. The molecule has 8 nitrogen and oxygen atoms in total. The maximum absolute atomic E-state index is 11.5. The molecule has 0 heterocycles. The number of aldehydes is 1. The van der Waals surface area contributed by atoms with E-state index in [9.17, 15) is 40.5 Å². The van der Waals surface area contributed by atoms with E-state index in [4.69, 9.17) is 0 Å². The van der Waals surface area contributed by atoms with E-state index in [-0.39, 0.29) is 88.5 Å². The Morgan fingerprint density at radius 1 is 0.291 bits per heavy atom. The molecule has 0 amide bonds. The minimum absolute atomic E-state index is 0. The first-order valence-electron chi connectivity index (χ1n) is 47.6. The number of carbonyl (C=O) groups excluding carboxylic acids is 1. The van der Waals surface area contributed by atoms with Crippen molar-refractivity contribution in [1.29, 1.82) is 0 Å². The fraction of sp³-hybridized carbons (Fsp3) is 0.980. The SMILES string of the molecule is CC[C@]1(O)CC[C@@]2(C)[C@@H](CC[C@@H]3[C@@H]2CC[C@]2(C)[C@@H]([C@H](C)C(C)O)CC[C@@H]32)C1.CC[C@]1(O)CC[C@@]2(C)[C@@H](CC[C@@H]3[C@@H]2CC[C@]2(C)[C@@H]([C@H](C)C=O)CC[C@@H]32)C1.CC[C@]1(O)CC[C@@]2(C)[C@@H](CC[C@@H]3[C@@H]2CC[C@]2(C)[C@@H]([C@H](C)[C@H](C)O)CC[C@@H]32)C1.CC[C@]1(O)CC[C@@]2(C)[C@@H](CC[C@@H]3[C@@H]2CC[C@]2(C)[C@@H]([C@H](C)[C@H](C)O)CC[C@@H]32)C1.[Br-].[CH3-].[Mg+2]. The molecule has 10 heteroatoms. The molecule has 16 rings (SSSR count). The summed E-state index contributed by atoms with van der Waals surface area (Å²) in [4.78, 5) is 11.5. The Morgan fingerprint density at radius 3 is 0.691 bits per heavy atom. The molecule has 39 atom stereocenters. The van der Waals surface area contributed by atoms with E-state index in [0.717, 1.165) is 172 Å². The monoisotopic (exact) mass is 1610 g/mol. The Balaban J connectivity index is 0.000000155. The van der Waals surface area contributed by atoms with Crippen molar-refractivity contribution in [1.82, 2.24) is 0 Å². The number of halogens is 1. The smallest absolute Gasteiger partial charge is 1.00 e. The summed E-state index contributed by atoms with van der Waals surface area (Å²) in [5, 5.41) is 74.5. The van der Waals surface area contributed by atoms with Crippen LogP contribution in [0.1, 0.15) is 388 Å². The molecule has 0 aromatic carbocycles. The Hall–Kier alpha value is 0.636. The van der Waals surface area contributed by atoms with Crippen LogP contribution in [0.15, 0.2) is 0 Å². The number of aliphatic hydroxyl groups is 7. The van der Waals surface area contributed by atoms with Crippen LogP contribution < -0.4 is 17.0 Å². The van der Waals surface area contributed by atoms with Crippen LogP contribution in [-0.2, 0) is 4.79 Å². The van der Waals surface area contributed by atoms with Gasteiger partial charge in [0.15, 0.2) is 0 Å². The third kappa shape index (κ3) is 15.8. The zero-order chi connectivity index (χ0) is 77.6. The fourth-order valence-electron chi connectivity index (χ4n) is 35.3. The second kappa shape index (κ2) is 34.2. The van der Waals surface area contributed by atoms with Gasteiger partial charge in [-0.1, -0.05) is 111 Å². The number of hydrogen-bond donors (Lipinski definition) is 7. The molecule has 0 aliphatic heterocycles. The van der Waals surface area contributed by atoms with Gasteiger partial charge in [0.05, 0.1) is 40.7 Å². The zero-order valence-corrected chi connectivity index (χ0v) is 78.1. The van der Waals surface area contributed by atoms with Crippen LogP contribution in [-0.4, -0.2) is 106 Å². The molecule has 110 heavy (non-hydrogen) atoms. The first kappa shape index (κ1) is 92.9. The summed E-state index contributed by atoms with van der Waals surface area (Å²) in [6.07, 6.45) is 50.1. The Labute approximate surface area is 703 Å². The molecule has 0 bridgehead atoms. The third-order valence-electron chi connectivity index (χ3n) is 43.2. The number of hydrogen-bond acceptors (Lipinski definition) is 8. The van der Waals surface area contributed by atoms with Gasteiger partial charge in [-0.15, -0.1) is 0 Å². The van der Waals surface area contributed by atoms with Gasteiger partial charge in [-0.05, 0) is 457 Å². The first-order valence-corrected chi connectivity index (χ1v) is 47.6. The molecule has 16 aliphatic carbocycles. The summed E-state index contributed by atoms with van der Waals surface area (Å²) < 4.78 is 0. The van der Waals surface area contributed by atoms with Gasteiger partial charge < -0.3 is 64.9 Å². The second-order valence-electron chi connectivity index (χ2n) is 46.5. The van der Waals surface area contributed by atoms with Gasteiger partial charge in [-0.2, -0.15) is 0 Å². The first-order chi connectivity index (χ1) is 50.2. The van der Waals surface area contributed by atoms with Gasteiger partial charge >= 0.3 is 23.1 Å². The average molecular weight is 1610 g/mol. The molecule has 16 aliphatic rings. The normalized spacial score (nSPS) is 53.1. The van der Waals surface area contributed by atoms with Crippen molar-refractivity contribution >= 4 is 29.3 Å². The van der Waals surface area contributed by atoms with Gasteiger partial charge in [-0.3, -0.25) is 0 Å². The number of rotatable bonds is 12. The van der Waals surface area contributed by atoms with Crippen LogP contribution in [0, 0.1) is 193 Å².